The molecule has 102 valence electrons. The van der Waals surface area contributed by atoms with Crippen LogP contribution in [0.25, 0.3) is 0 Å². The molecule has 3 heteroatoms. The van der Waals surface area contributed by atoms with Crippen LogP contribution in [0, 0.1) is 5.82 Å². The van der Waals surface area contributed by atoms with Crippen LogP contribution in [-0.2, 0) is 6.42 Å². The number of halogens is 1. The van der Waals surface area contributed by atoms with Crippen molar-refractivity contribution in [2.45, 2.75) is 38.8 Å². The summed E-state index contributed by atoms with van der Waals surface area (Å²) in [4.78, 5) is 2.18. The highest BCUT2D eigenvalue weighted by Crippen LogP contribution is 2.09. The van der Waals surface area contributed by atoms with Gasteiger partial charge in [0, 0.05) is 12.1 Å². The lowest BCUT2D eigenvalue weighted by Crippen LogP contribution is -2.37. The maximum absolute atomic E-state index is 13.5. The number of rotatable bonds is 7. The van der Waals surface area contributed by atoms with E-state index in [-0.39, 0.29) is 5.82 Å². The highest BCUT2D eigenvalue weighted by atomic mass is 19.1. The van der Waals surface area contributed by atoms with Crippen molar-refractivity contribution >= 4 is 0 Å². The Hall–Kier alpha value is -0.930. The third-order valence-electron chi connectivity index (χ3n) is 3.06. The second kappa shape index (κ2) is 7.49. The second-order valence-corrected chi connectivity index (χ2v) is 5.36. The third-order valence-corrected chi connectivity index (χ3v) is 3.06. The summed E-state index contributed by atoms with van der Waals surface area (Å²) in [6.07, 6.45) is 1.84. The Kier molecular flexibility index (Phi) is 6.30. The summed E-state index contributed by atoms with van der Waals surface area (Å²) in [5.74, 6) is -0.105. The molecule has 2 nitrogen and oxygen atoms in total. The summed E-state index contributed by atoms with van der Waals surface area (Å²) in [6.45, 7) is 5.36. The fourth-order valence-electron chi connectivity index (χ4n) is 2.07. The van der Waals surface area contributed by atoms with Gasteiger partial charge in [-0.1, -0.05) is 18.2 Å². The molecule has 1 aromatic rings. The second-order valence-electron chi connectivity index (χ2n) is 5.36. The number of benzene rings is 1. The third kappa shape index (κ3) is 5.61. The van der Waals surface area contributed by atoms with E-state index in [0.29, 0.717) is 12.1 Å². The summed E-state index contributed by atoms with van der Waals surface area (Å²) in [6, 6.07) is 7.75. The maximum Gasteiger partial charge on any atom is 0.126 e. The molecular formula is C15H25FN2. The van der Waals surface area contributed by atoms with Gasteiger partial charge in [0.1, 0.15) is 5.82 Å². The Bertz CT molecular complexity index is 352. The van der Waals surface area contributed by atoms with E-state index in [9.17, 15) is 4.39 Å². The van der Waals surface area contributed by atoms with Crippen LogP contribution in [0.4, 0.5) is 4.39 Å². The van der Waals surface area contributed by atoms with Crippen LogP contribution in [0.1, 0.15) is 25.8 Å². The van der Waals surface area contributed by atoms with Crippen molar-refractivity contribution in [2.75, 3.05) is 20.6 Å². The minimum Gasteiger partial charge on any atom is -0.311 e. The summed E-state index contributed by atoms with van der Waals surface area (Å²) >= 11 is 0. The van der Waals surface area contributed by atoms with E-state index in [2.05, 4.69) is 38.2 Å². The molecule has 0 radical (unpaired) electrons. The van der Waals surface area contributed by atoms with Gasteiger partial charge in [0.25, 0.3) is 0 Å². The predicted octanol–water partition coefficient (Wildman–Crippen LogP) is 2.69. The van der Waals surface area contributed by atoms with E-state index < -0.39 is 0 Å². The van der Waals surface area contributed by atoms with Crippen LogP contribution in [0.5, 0.6) is 0 Å². The maximum atomic E-state index is 13.5. The molecule has 0 aliphatic heterocycles. The molecule has 0 spiro atoms. The van der Waals surface area contributed by atoms with E-state index in [1.165, 1.54) is 6.07 Å². The molecule has 0 bridgehead atoms. The van der Waals surface area contributed by atoms with Crippen LogP contribution >= 0.6 is 0 Å². The topological polar surface area (TPSA) is 15.3 Å². The van der Waals surface area contributed by atoms with Gasteiger partial charge in [0.05, 0.1) is 0 Å². The predicted molar refractivity (Wildman–Crippen MR) is 75.3 cm³/mol. The van der Waals surface area contributed by atoms with E-state index in [1.54, 1.807) is 6.07 Å². The van der Waals surface area contributed by atoms with Gasteiger partial charge in [-0.05, 0) is 59.0 Å². The molecule has 0 aromatic heterocycles. The van der Waals surface area contributed by atoms with Gasteiger partial charge in [-0.2, -0.15) is 0 Å². The SMILES string of the molecule is CC(CCN(C)C)NC(C)Cc1ccccc1F. The first kappa shape index (κ1) is 15.1. The van der Waals surface area contributed by atoms with Gasteiger partial charge >= 0.3 is 0 Å². The zero-order valence-corrected chi connectivity index (χ0v) is 11.9. The van der Waals surface area contributed by atoms with Crippen LogP contribution in [0.3, 0.4) is 0 Å². The monoisotopic (exact) mass is 252 g/mol. The van der Waals surface area contributed by atoms with Gasteiger partial charge in [-0.15, -0.1) is 0 Å². The van der Waals surface area contributed by atoms with Crippen LogP contribution in [0.15, 0.2) is 24.3 Å². The van der Waals surface area contributed by atoms with Gasteiger partial charge in [0.2, 0.25) is 0 Å². The molecule has 0 heterocycles. The lowest BCUT2D eigenvalue weighted by atomic mass is 10.1. The summed E-state index contributed by atoms with van der Waals surface area (Å²) < 4.78 is 13.5. The summed E-state index contributed by atoms with van der Waals surface area (Å²) in [5, 5.41) is 3.52. The molecule has 0 aliphatic rings. The Labute approximate surface area is 110 Å². The fraction of sp³-hybridized carbons (Fsp3) is 0.600. The van der Waals surface area contributed by atoms with Crippen molar-refractivity contribution < 1.29 is 4.39 Å². The van der Waals surface area contributed by atoms with Gasteiger partial charge < -0.3 is 10.2 Å². The largest absolute Gasteiger partial charge is 0.311 e. The van der Waals surface area contributed by atoms with Crippen molar-refractivity contribution in [1.82, 2.24) is 10.2 Å². The van der Waals surface area contributed by atoms with E-state index in [4.69, 9.17) is 0 Å². The molecule has 0 saturated carbocycles. The van der Waals surface area contributed by atoms with Crippen molar-refractivity contribution in [2.24, 2.45) is 0 Å². The Balaban J connectivity index is 2.37. The van der Waals surface area contributed by atoms with Crippen molar-refractivity contribution in [3.8, 4) is 0 Å². The quantitative estimate of drug-likeness (QED) is 0.802. The number of nitrogens with one attached hydrogen (secondary N) is 1. The molecular weight excluding hydrogens is 227 g/mol. The van der Waals surface area contributed by atoms with Gasteiger partial charge in [-0.3, -0.25) is 0 Å². The molecule has 1 aromatic carbocycles. The van der Waals surface area contributed by atoms with E-state index >= 15 is 0 Å². The summed E-state index contributed by atoms with van der Waals surface area (Å²) in [7, 11) is 4.16. The number of hydrogen-bond acceptors (Lipinski definition) is 2. The average molecular weight is 252 g/mol. The van der Waals surface area contributed by atoms with Crippen molar-refractivity contribution in [3.05, 3.63) is 35.6 Å². The minimum atomic E-state index is -0.105. The Morgan fingerprint density at radius 1 is 1.17 bits per heavy atom. The Morgan fingerprint density at radius 3 is 2.44 bits per heavy atom. The van der Waals surface area contributed by atoms with E-state index in [1.807, 2.05) is 12.1 Å². The standard InChI is InChI=1S/C15H25FN2/c1-12(9-10-18(3)4)17-13(2)11-14-7-5-6-8-15(14)16/h5-8,12-13,17H,9-11H2,1-4H3. The molecule has 0 fully saturated rings. The van der Waals surface area contributed by atoms with Crippen molar-refractivity contribution in [1.29, 1.82) is 0 Å². The van der Waals surface area contributed by atoms with Crippen LogP contribution in [-0.4, -0.2) is 37.6 Å². The average Bonchev–Trinajstić information content (AvgIpc) is 2.29. The summed E-state index contributed by atoms with van der Waals surface area (Å²) in [5.41, 5.74) is 0.789. The highest BCUT2D eigenvalue weighted by Gasteiger charge is 2.10. The first-order chi connectivity index (χ1) is 8.49. The molecule has 1 N–H and O–H groups in total. The zero-order valence-electron chi connectivity index (χ0n) is 11.9. The Morgan fingerprint density at radius 2 is 1.83 bits per heavy atom. The number of nitrogens with zero attached hydrogens (tertiary/aromatic N) is 1. The number of hydrogen-bond donors (Lipinski definition) is 1. The molecule has 0 saturated heterocycles. The molecule has 18 heavy (non-hydrogen) atoms. The highest BCUT2D eigenvalue weighted by molar-refractivity contribution is 5.18. The molecule has 2 atom stereocenters. The van der Waals surface area contributed by atoms with E-state index in [0.717, 1.165) is 24.9 Å². The molecule has 1 rings (SSSR count). The van der Waals surface area contributed by atoms with Gasteiger partial charge in [0.15, 0.2) is 0 Å². The lowest BCUT2D eigenvalue weighted by Gasteiger charge is -2.21. The molecule has 0 amide bonds. The van der Waals surface area contributed by atoms with Gasteiger partial charge in [-0.25, -0.2) is 4.39 Å². The molecule has 0 aliphatic carbocycles. The van der Waals surface area contributed by atoms with Crippen LogP contribution < -0.4 is 5.32 Å². The first-order valence-corrected chi connectivity index (χ1v) is 6.63. The van der Waals surface area contributed by atoms with Crippen molar-refractivity contribution in [3.63, 3.8) is 0 Å². The minimum absolute atomic E-state index is 0.105. The smallest absolute Gasteiger partial charge is 0.126 e. The lowest BCUT2D eigenvalue weighted by molar-refractivity contribution is 0.351. The normalized spacial score (nSPS) is 14.8. The first-order valence-electron chi connectivity index (χ1n) is 6.63. The molecule has 2 unspecified atom stereocenters. The van der Waals surface area contributed by atoms with Crippen LogP contribution in [0.2, 0.25) is 0 Å². The fourth-order valence-corrected chi connectivity index (χ4v) is 2.07. The zero-order chi connectivity index (χ0) is 13.5.